The molecule has 1 atom stereocenters. The first-order valence-corrected chi connectivity index (χ1v) is 8.52. The number of methoxy groups -OCH3 is 2. The summed E-state index contributed by atoms with van der Waals surface area (Å²) >= 11 is 0. The third-order valence-electron chi connectivity index (χ3n) is 4.26. The molecule has 2 aromatic carbocycles. The van der Waals surface area contributed by atoms with E-state index in [0.29, 0.717) is 30.1 Å². The van der Waals surface area contributed by atoms with E-state index in [1.807, 2.05) is 24.3 Å². The lowest BCUT2D eigenvalue weighted by molar-refractivity contribution is -0.142. The molecule has 0 unspecified atom stereocenters. The SMILES string of the molecule is COC(=O)COc1cc(C(=O)N[C@@H]2CCOc3ccccc32)ccc1OC. The Bertz CT molecular complexity index is 835. The van der Waals surface area contributed by atoms with Crippen molar-refractivity contribution in [3.8, 4) is 17.2 Å². The number of carbonyl (C=O) groups excluding carboxylic acids is 2. The molecule has 0 spiro atoms. The smallest absolute Gasteiger partial charge is 0.343 e. The number of benzene rings is 2. The Labute approximate surface area is 157 Å². The van der Waals surface area contributed by atoms with Crippen molar-refractivity contribution < 1.29 is 28.5 Å². The molecule has 7 nitrogen and oxygen atoms in total. The van der Waals surface area contributed by atoms with Crippen LogP contribution in [0.3, 0.4) is 0 Å². The first-order valence-electron chi connectivity index (χ1n) is 8.52. The summed E-state index contributed by atoms with van der Waals surface area (Å²) in [6.45, 7) is 0.267. The number of amides is 1. The number of esters is 1. The van der Waals surface area contributed by atoms with Crippen molar-refractivity contribution in [2.45, 2.75) is 12.5 Å². The van der Waals surface area contributed by atoms with Crippen molar-refractivity contribution in [1.82, 2.24) is 5.32 Å². The largest absolute Gasteiger partial charge is 0.493 e. The molecular weight excluding hydrogens is 350 g/mol. The average molecular weight is 371 g/mol. The van der Waals surface area contributed by atoms with Gasteiger partial charge >= 0.3 is 5.97 Å². The van der Waals surface area contributed by atoms with E-state index < -0.39 is 5.97 Å². The lowest BCUT2D eigenvalue weighted by atomic mass is 10.00. The lowest BCUT2D eigenvalue weighted by Crippen LogP contribution is -2.32. The topological polar surface area (TPSA) is 83.1 Å². The molecule has 1 aliphatic heterocycles. The van der Waals surface area contributed by atoms with E-state index in [1.165, 1.54) is 14.2 Å². The quantitative estimate of drug-likeness (QED) is 0.786. The van der Waals surface area contributed by atoms with Gasteiger partial charge in [-0.25, -0.2) is 4.79 Å². The number of para-hydroxylation sites is 1. The molecule has 3 rings (SSSR count). The first kappa shape index (κ1) is 18.6. The molecule has 2 aromatic rings. The summed E-state index contributed by atoms with van der Waals surface area (Å²) in [5, 5.41) is 3.03. The zero-order valence-electron chi connectivity index (χ0n) is 15.2. The second-order valence-corrected chi connectivity index (χ2v) is 5.93. The van der Waals surface area contributed by atoms with Crippen LogP contribution in [-0.4, -0.2) is 39.3 Å². The zero-order valence-corrected chi connectivity index (χ0v) is 15.2. The van der Waals surface area contributed by atoms with Gasteiger partial charge in [0.05, 0.1) is 26.9 Å². The molecule has 0 bridgehead atoms. The zero-order chi connectivity index (χ0) is 19.2. The Kier molecular flexibility index (Phi) is 5.80. The highest BCUT2D eigenvalue weighted by molar-refractivity contribution is 5.95. The molecule has 0 fully saturated rings. The molecule has 1 aliphatic rings. The van der Waals surface area contributed by atoms with E-state index in [1.54, 1.807) is 18.2 Å². The number of fused-ring (bicyclic) bond motifs is 1. The van der Waals surface area contributed by atoms with Gasteiger partial charge < -0.3 is 24.3 Å². The highest BCUT2D eigenvalue weighted by Gasteiger charge is 2.23. The fourth-order valence-electron chi connectivity index (χ4n) is 2.86. The van der Waals surface area contributed by atoms with Gasteiger partial charge in [0.2, 0.25) is 0 Å². The normalized spacial score (nSPS) is 15.1. The summed E-state index contributed by atoms with van der Waals surface area (Å²) in [7, 11) is 2.76. The van der Waals surface area contributed by atoms with Crippen molar-refractivity contribution in [2.24, 2.45) is 0 Å². The van der Waals surface area contributed by atoms with E-state index in [9.17, 15) is 9.59 Å². The van der Waals surface area contributed by atoms with Crippen LogP contribution in [0.1, 0.15) is 28.4 Å². The Morgan fingerprint density at radius 1 is 1.15 bits per heavy atom. The minimum absolute atomic E-state index is 0.135. The summed E-state index contributed by atoms with van der Waals surface area (Å²) in [4.78, 5) is 24.0. The molecule has 142 valence electrons. The Morgan fingerprint density at radius 2 is 1.96 bits per heavy atom. The summed E-state index contributed by atoms with van der Waals surface area (Å²) in [5.41, 5.74) is 1.35. The van der Waals surface area contributed by atoms with Crippen LogP contribution in [0.5, 0.6) is 17.2 Å². The molecule has 7 heteroatoms. The molecule has 1 amide bonds. The van der Waals surface area contributed by atoms with E-state index in [2.05, 4.69) is 10.1 Å². The number of hydrogen-bond acceptors (Lipinski definition) is 6. The number of hydrogen-bond donors (Lipinski definition) is 1. The van der Waals surface area contributed by atoms with Gasteiger partial charge in [-0.05, 0) is 24.3 Å². The van der Waals surface area contributed by atoms with Crippen molar-refractivity contribution in [1.29, 1.82) is 0 Å². The van der Waals surface area contributed by atoms with E-state index >= 15 is 0 Å². The van der Waals surface area contributed by atoms with Gasteiger partial charge in [0.25, 0.3) is 5.91 Å². The Hall–Kier alpha value is -3.22. The van der Waals surface area contributed by atoms with Crippen LogP contribution in [-0.2, 0) is 9.53 Å². The van der Waals surface area contributed by atoms with Crippen molar-refractivity contribution in [3.05, 3.63) is 53.6 Å². The van der Waals surface area contributed by atoms with Crippen LogP contribution in [0.15, 0.2) is 42.5 Å². The predicted octanol–water partition coefficient (Wildman–Crippen LogP) is 2.50. The van der Waals surface area contributed by atoms with Crippen LogP contribution < -0.4 is 19.5 Å². The summed E-state index contributed by atoms with van der Waals surface area (Å²) in [6.07, 6.45) is 0.685. The molecule has 0 aliphatic carbocycles. The number of carbonyl (C=O) groups is 2. The molecule has 0 saturated heterocycles. The van der Waals surface area contributed by atoms with Gasteiger partial charge in [0.1, 0.15) is 5.75 Å². The third kappa shape index (κ3) is 4.31. The minimum atomic E-state index is -0.522. The third-order valence-corrected chi connectivity index (χ3v) is 4.26. The van der Waals surface area contributed by atoms with Crippen LogP contribution in [0.2, 0.25) is 0 Å². The van der Waals surface area contributed by atoms with Gasteiger partial charge in [0, 0.05) is 17.5 Å². The monoisotopic (exact) mass is 371 g/mol. The predicted molar refractivity (Wildman–Crippen MR) is 97.3 cm³/mol. The van der Waals surface area contributed by atoms with Gasteiger partial charge in [-0.15, -0.1) is 0 Å². The van der Waals surface area contributed by atoms with Gasteiger partial charge in [0.15, 0.2) is 18.1 Å². The highest BCUT2D eigenvalue weighted by Crippen LogP contribution is 2.32. The molecule has 27 heavy (non-hydrogen) atoms. The summed E-state index contributed by atoms with van der Waals surface area (Å²) < 4.78 is 20.8. The molecule has 0 radical (unpaired) electrons. The number of ether oxygens (including phenoxy) is 4. The van der Waals surface area contributed by atoms with Crippen LogP contribution in [0.25, 0.3) is 0 Å². The lowest BCUT2D eigenvalue weighted by Gasteiger charge is -2.26. The van der Waals surface area contributed by atoms with Gasteiger partial charge in [-0.3, -0.25) is 4.79 Å². The minimum Gasteiger partial charge on any atom is -0.493 e. The first-order chi connectivity index (χ1) is 13.1. The maximum absolute atomic E-state index is 12.7. The Balaban J connectivity index is 1.76. The van der Waals surface area contributed by atoms with Crippen LogP contribution >= 0.6 is 0 Å². The van der Waals surface area contributed by atoms with Crippen molar-refractivity contribution in [3.63, 3.8) is 0 Å². The molecule has 1 N–H and O–H groups in total. The van der Waals surface area contributed by atoms with Gasteiger partial charge in [-0.2, -0.15) is 0 Å². The fraction of sp³-hybridized carbons (Fsp3) is 0.300. The molecule has 1 heterocycles. The average Bonchev–Trinajstić information content (AvgIpc) is 2.71. The van der Waals surface area contributed by atoms with E-state index in [4.69, 9.17) is 14.2 Å². The van der Waals surface area contributed by atoms with Crippen molar-refractivity contribution in [2.75, 3.05) is 27.4 Å². The second kappa shape index (κ2) is 8.44. The standard InChI is InChI=1S/C20H21NO6/c1-24-17-8-7-13(11-18(17)27-12-19(22)25-2)20(23)21-15-9-10-26-16-6-4-3-5-14(15)16/h3-8,11,15H,9-10,12H2,1-2H3,(H,21,23)/t15-/m1/s1. The van der Waals surface area contributed by atoms with Crippen LogP contribution in [0.4, 0.5) is 0 Å². The molecule has 0 aromatic heterocycles. The Morgan fingerprint density at radius 3 is 2.74 bits per heavy atom. The summed E-state index contributed by atoms with van der Waals surface area (Å²) in [5.74, 6) is 0.730. The molecular formula is C20H21NO6. The maximum Gasteiger partial charge on any atom is 0.343 e. The van der Waals surface area contributed by atoms with Crippen molar-refractivity contribution >= 4 is 11.9 Å². The van der Waals surface area contributed by atoms with Gasteiger partial charge in [-0.1, -0.05) is 18.2 Å². The number of rotatable bonds is 6. The number of nitrogens with one attached hydrogen (secondary N) is 1. The highest BCUT2D eigenvalue weighted by atomic mass is 16.6. The van der Waals surface area contributed by atoms with Crippen LogP contribution in [0, 0.1) is 0 Å². The van der Waals surface area contributed by atoms with E-state index in [-0.39, 0.29) is 18.6 Å². The maximum atomic E-state index is 12.7. The fourth-order valence-corrected chi connectivity index (χ4v) is 2.86. The second-order valence-electron chi connectivity index (χ2n) is 5.93. The summed E-state index contributed by atoms with van der Waals surface area (Å²) in [6, 6.07) is 12.3. The van der Waals surface area contributed by atoms with E-state index in [0.717, 1.165) is 11.3 Å². The molecule has 0 saturated carbocycles.